The van der Waals surface area contributed by atoms with Crippen LogP contribution in [0.15, 0.2) is 0 Å². The Morgan fingerprint density at radius 2 is 2.00 bits per heavy atom. The van der Waals surface area contributed by atoms with Gasteiger partial charge in [-0.05, 0) is 36.5 Å². The highest BCUT2D eigenvalue weighted by Crippen LogP contribution is 2.51. The molecule has 0 aromatic rings. The molecule has 0 N–H and O–H groups in total. The molecule has 1 aliphatic carbocycles. The van der Waals surface area contributed by atoms with Crippen molar-refractivity contribution in [2.24, 2.45) is 23.2 Å². The molecular formula is C13H24O2. The van der Waals surface area contributed by atoms with E-state index in [1.807, 2.05) is 6.92 Å². The molecule has 15 heavy (non-hydrogen) atoms. The van der Waals surface area contributed by atoms with Crippen LogP contribution in [-0.4, -0.2) is 12.6 Å². The fourth-order valence-corrected chi connectivity index (χ4v) is 2.99. The third-order valence-corrected chi connectivity index (χ3v) is 4.33. The van der Waals surface area contributed by atoms with Crippen LogP contribution in [0.1, 0.15) is 47.5 Å². The molecule has 2 heteroatoms. The molecule has 0 radical (unpaired) electrons. The topological polar surface area (TPSA) is 26.3 Å². The average Bonchev–Trinajstić information content (AvgIpc) is 2.29. The molecule has 1 rings (SSSR count). The summed E-state index contributed by atoms with van der Waals surface area (Å²) < 4.78 is 5.04. The van der Waals surface area contributed by atoms with Crippen LogP contribution in [0.5, 0.6) is 0 Å². The first-order chi connectivity index (χ1) is 6.89. The summed E-state index contributed by atoms with van der Waals surface area (Å²) in [5.41, 5.74) is 0.270. The molecule has 0 aliphatic heterocycles. The smallest absolute Gasteiger partial charge is 0.306 e. The van der Waals surface area contributed by atoms with Gasteiger partial charge in [-0.2, -0.15) is 0 Å². The Bertz CT molecular complexity index is 233. The maximum Gasteiger partial charge on any atom is 0.306 e. The highest BCUT2D eigenvalue weighted by molar-refractivity contribution is 5.69. The van der Waals surface area contributed by atoms with E-state index in [9.17, 15) is 4.79 Å². The maximum atomic E-state index is 11.5. The van der Waals surface area contributed by atoms with E-state index in [1.165, 1.54) is 6.42 Å². The van der Waals surface area contributed by atoms with E-state index in [0.717, 1.165) is 0 Å². The van der Waals surface area contributed by atoms with Gasteiger partial charge in [0, 0.05) is 6.42 Å². The fourth-order valence-electron chi connectivity index (χ4n) is 2.99. The second kappa shape index (κ2) is 4.54. The van der Waals surface area contributed by atoms with Gasteiger partial charge in [0.05, 0.1) is 6.61 Å². The molecule has 0 heterocycles. The van der Waals surface area contributed by atoms with Crippen molar-refractivity contribution < 1.29 is 9.53 Å². The molecule has 2 nitrogen and oxygen atoms in total. The summed E-state index contributed by atoms with van der Waals surface area (Å²) in [6, 6.07) is 0. The van der Waals surface area contributed by atoms with Crippen LogP contribution in [0.2, 0.25) is 0 Å². The first-order valence-corrected chi connectivity index (χ1v) is 6.05. The van der Waals surface area contributed by atoms with Gasteiger partial charge in [0.15, 0.2) is 0 Å². The van der Waals surface area contributed by atoms with Gasteiger partial charge in [-0.25, -0.2) is 0 Å². The van der Waals surface area contributed by atoms with Gasteiger partial charge in [0.1, 0.15) is 0 Å². The number of hydrogen-bond acceptors (Lipinski definition) is 2. The Morgan fingerprint density at radius 3 is 2.40 bits per heavy atom. The van der Waals surface area contributed by atoms with Gasteiger partial charge in [0.2, 0.25) is 0 Å². The fraction of sp³-hybridized carbons (Fsp3) is 0.923. The Hall–Kier alpha value is -0.530. The van der Waals surface area contributed by atoms with Gasteiger partial charge in [-0.1, -0.05) is 27.7 Å². The van der Waals surface area contributed by atoms with E-state index in [0.29, 0.717) is 30.8 Å². The summed E-state index contributed by atoms with van der Waals surface area (Å²) in [6.07, 6.45) is 1.82. The highest BCUT2D eigenvalue weighted by Gasteiger charge is 2.45. The minimum Gasteiger partial charge on any atom is -0.466 e. The molecule has 1 saturated carbocycles. The zero-order chi connectivity index (χ0) is 11.6. The Balaban J connectivity index is 2.64. The van der Waals surface area contributed by atoms with Gasteiger partial charge in [-0.15, -0.1) is 0 Å². The molecule has 0 amide bonds. The van der Waals surface area contributed by atoms with E-state index >= 15 is 0 Å². The van der Waals surface area contributed by atoms with Gasteiger partial charge in [0.25, 0.3) is 0 Å². The van der Waals surface area contributed by atoms with E-state index in [1.54, 1.807) is 0 Å². The van der Waals surface area contributed by atoms with Crippen LogP contribution in [0.4, 0.5) is 0 Å². The monoisotopic (exact) mass is 212 g/mol. The summed E-state index contributed by atoms with van der Waals surface area (Å²) in [4.78, 5) is 11.5. The lowest BCUT2D eigenvalue weighted by molar-refractivity contribution is -0.145. The largest absolute Gasteiger partial charge is 0.466 e. The third kappa shape index (κ3) is 2.53. The second-order valence-electron chi connectivity index (χ2n) is 5.55. The van der Waals surface area contributed by atoms with Gasteiger partial charge >= 0.3 is 5.97 Å². The van der Waals surface area contributed by atoms with Crippen LogP contribution in [0.3, 0.4) is 0 Å². The third-order valence-electron chi connectivity index (χ3n) is 4.33. The Labute approximate surface area is 93.4 Å². The van der Waals surface area contributed by atoms with Crippen LogP contribution in [0, 0.1) is 23.2 Å². The summed E-state index contributed by atoms with van der Waals surface area (Å²) in [5.74, 6) is 1.79. The normalized spacial score (nSPS) is 34.1. The molecule has 0 saturated heterocycles. The second-order valence-corrected chi connectivity index (χ2v) is 5.55. The minimum absolute atomic E-state index is 0.0310. The SMILES string of the molecule is CCOC(=O)CC1C(C)CC(C)C1(C)C. The molecule has 1 fully saturated rings. The Kier molecular flexibility index (Phi) is 3.80. The number of ether oxygens (including phenoxy) is 1. The predicted molar refractivity (Wildman–Crippen MR) is 61.5 cm³/mol. The molecule has 0 aromatic heterocycles. The summed E-state index contributed by atoms with van der Waals surface area (Å²) in [7, 11) is 0. The predicted octanol–water partition coefficient (Wildman–Crippen LogP) is 3.26. The minimum atomic E-state index is -0.0310. The summed E-state index contributed by atoms with van der Waals surface area (Å²) in [6.45, 7) is 11.5. The molecule has 3 unspecified atom stereocenters. The number of carbonyl (C=O) groups is 1. The van der Waals surface area contributed by atoms with Crippen molar-refractivity contribution in [1.29, 1.82) is 0 Å². The van der Waals surface area contributed by atoms with Crippen molar-refractivity contribution in [1.82, 2.24) is 0 Å². The number of rotatable bonds is 3. The van der Waals surface area contributed by atoms with E-state index in [4.69, 9.17) is 4.74 Å². The van der Waals surface area contributed by atoms with E-state index < -0.39 is 0 Å². The van der Waals surface area contributed by atoms with E-state index in [2.05, 4.69) is 27.7 Å². The van der Waals surface area contributed by atoms with Gasteiger partial charge < -0.3 is 4.74 Å². The zero-order valence-corrected chi connectivity index (χ0v) is 10.7. The lowest BCUT2D eigenvalue weighted by Crippen LogP contribution is -2.28. The standard InChI is InChI=1S/C13H24O2/c1-6-15-12(14)8-11-9(2)7-10(3)13(11,4)5/h9-11H,6-8H2,1-5H3. The van der Waals surface area contributed by atoms with Crippen LogP contribution >= 0.6 is 0 Å². The van der Waals surface area contributed by atoms with Crippen molar-refractivity contribution in [3.8, 4) is 0 Å². The highest BCUT2D eigenvalue weighted by atomic mass is 16.5. The van der Waals surface area contributed by atoms with Gasteiger partial charge in [-0.3, -0.25) is 4.79 Å². The first kappa shape index (κ1) is 12.5. The number of esters is 1. The molecule has 0 spiro atoms. The first-order valence-electron chi connectivity index (χ1n) is 6.05. The zero-order valence-electron chi connectivity index (χ0n) is 10.7. The summed E-state index contributed by atoms with van der Waals surface area (Å²) >= 11 is 0. The van der Waals surface area contributed by atoms with Crippen molar-refractivity contribution >= 4 is 5.97 Å². The van der Waals surface area contributed by atoms with Crippen molar-refractivity contribution in [2.75, 3.05) is 6.61 Å². The Morgan fingerprint density at radius 1 is 1.40 bits per heavy atom. The molecule has 0 bridgehead atoms. The molecular weight excluding hydrogens is 188 g/mol. The lowest BCUT2D eigenvalue weighted by atomic mass is 9.73. The van der Waals surface area contributed by atoms with Crippen molar-refractivity contribution in [3.05, 3.63) is 0 Å². The molecule has 3 atom stereocenters. The maximum absolute atomic E-state index is 11.5. The van der Waals surface area contributed by atoms with Crippen LogP contribution < -0.4 is 0 Å². The van der Waals surface area contributed by atoms with E-state index in [-0.39, 0.29) is 11.4 Å². The average molecular weight is 212 g/mol. The summed E-state index contributed by atoms with van der Waals surface area (Å²) in [5, 5.41) is 0. The van der Waals surface area contributed by atoms with Crippen LogP contribution in [0.25, 0.3) is 0 Å². The number of carbonyl (C=O) groups excluding carboxylic acids is 1. The van der Waals surface area contributed by atoms with Crippen molar-refractivity contribution in [3.63, 3.8) is 0 Å². The molecule has 1 aliphatic rings. The van der Waals surface area contributed by atoms with Crippen molar-refractivity contribution in [2.45, 2.75) is 47.5 Å². The number of hydrogen-bond donors (Lipinski definition) is 0. The molecule has 0 aromatic carbocycles. The lowest BCUT2D eigenvalue weighted by Gasteiger charge is -2.32. The van der Waals surface area contributed by atoms with Crippen LogP contribution in [-0.2, 0) is 9.53 Å². The quantitative estimate of drug-likeness (QED) is 0.671. The molecule has 88 valence electrons.